The number of aliphatic hydroxyl groups excluding tert-OH is 1. The number of hydrogen-bond acceptors (Lipinski definition) is 6. The maximum atomic E-state index is 13.5. The van der Waals surface area contributed by atoms with Gasteiger partial charge in [-0.2, -0.15) is 5.10 Å². The number of nitrogens with zero attached hydrogens (tertiary/aromatic N) is 4. The van der Waals surface area contributed by atoms with Crippen LogP contribution in [0.5, 0.6) is 0 Å². The van der Waals surface area contributed by atoms with Gasteiger partial charge in [-0.05, 0) is 31.5 Å². The van der Waals surface area contributed by atoms with Crippen LogP contribution in [0.2, 0.25) is 5.02 Å². The lowest BCUT2D eigenvalue weighted by Gasteiger charge is -2.44. The number of aliphatic hydroxyl groups is 1. The van der Waals surface area contributed by atoms with E-state index in [2.05, 4.69) is 10.4 Å². The Morgan fingerprint density at radius 1 is 1.38 bits per heavy atom. The standard InChI is InChI=1S/C21H23ClFN5O4/c1-4-26-8-10(2)28-16-14(18(29)17(28)21(26)32)20(31)27(25-15(16)19(30)24-3)9-11-5-6-13(23)12(22)7-11/h5-7,10,14,16,29H,4,8-9H2,1-3H3,(H,24,30)/t10-,14?,16?/m0/s1. The summed E-state index contributed by atoms with van der Waals surface area (Å²) in [4.78, 5) is 42.3. The van der Waals surface area contributed by atoms with Crippen molar-refractivity contribution in [1.82, 2.24) is 20.1 Å². The Morgan fingerprint density at radius 3 is 2.72 bits per heavy atom. The van der Waals surface area contributed by atoms with E-state index in [1.54, 1.807) is 9.80 Å². The molecule has 2 unspecified atom stereocenters. The predicted molar refractivity (Wildman–Crippen MR) is 114 cm³/mol. The van der Waals surface area contributed by atoms with E-state index in [0.29, 0.717) is 18.7 Å². The van der Waals surface area contributed by atoms with Gasteiger partial charge in [0.05, 0.1) is 17.6 Å². The highest BCUT2D eigenvalue weighted by molar-refractivity contribution is 6.42. The summed E-state index contributed by atoms with van der Waals surface area (Å²) in [5.41, 5.74) is 0.529. The van der Waals surface area contributed by atoms with Crippen molar-refractivity contribution in [1.29, 1.82) is 0 Å². The predicted octanol–water partition coefficient (Wildman–Crippen LogP) is 1.24. The Hall–Kier alpha value is -3.14. The van der Waals surface area contributed by atoms with Crippen LogP contribution in [0.25, 0.3) is 0 Å². The third-order valence-corrected chi connectivity index (χ3v) is 6.34. The van der Waals surface area contributed by atoms with Gasteiger partial charge in [0, 0.05) is 26.2 Å². The largest absolute Gasteiger partial charge is 0.509 e. The van der Waals surface area contributed by atoms with Gasteiger partial charge in [-0.1, -0.05) is 17.7 Å². The van der Waals surface area contributed by atoms with Crippen LogP contribution >= 0.6 is 11.6 Å². The quantitative estimate of drug-likeness (QED) is 0.699. The SMILES string of the molecule is CCN1C[C@H](C)N2C(=C(O)C3C(=O)N(Cc4ccc(F)c(Cl)c4)N=C(C(=O)NC)C32)C1=O. The lowest BCUT2D eigenvalue weighted by atomic mass is 9.91. The van der Waals surface area contributed by atoms with Crippen LogP contribution in [0, 0.1) is 11.7 Å². The van der Waals surface area contributed by atoms with Gasteiger partial charge in [0.15, 0.2) is 0 Å². The van der Waals surface area contributed by atoms with Crippen LogP contribution < -0.4 is 5.32 Å². The Bertz CT molecular complexity index is 1070. The number of rotatable bonds is 4. The Morgan fingerprint density at radius 2 is 2.09 bits per heavy atom. The summed E-state index contributed by atoms with van der Waals surface area (Å²) in [5.74, 6) is -3.61. The fraction of sp³-hybridized carbons (Fsp3) is 0.429. The van der Waals surface area contributed by atoms with Crippen molar-refractivity contribution in [3.63, 3.8) is 0 Å². The van der Waals surface area contributed by atoms with Crippen LogP contribution in [0.1, 0.15) is 19.4 Å². The molecule has 0 aromatic heterocycles. The number of nitrogens with one attached hydrogen (secondary N) is 1. The Balaban J connectivity index is 1.79. The zero-order valence-electron chi connectivity index (χ0n) is 17.8. The lowest BCUT2D eigenvalue weighted by Crippen LogP contribution is -2.61. The van der Waals surface area contributed by atoms with E-state index in [-0.39, 0.29) is 34.8 Å². The molecule has 3 aliphatic rings. The van der Waals surface area contributed by atoms with Gasteiger partial charge in [0.25, 0.3) is 17.7 Å². The van der Waals surface area contributed by atoms with Crippen molar-refractivity contribution in [3.8, 4) is 0 Å². The number of carbonyl (C=O) groups excluding carboxylic acids is 3. The van der Waals surface area contributed by atoms with Crippen molar-refractivity contribution in [2.45, 2.75) is 32.5 Å². The van der Waals surface area contributed by atoms with Gasteiger partial charge in [-0.15, -0.1) is 0 Å². The second kappa shape index (κ2) is 8.09. The third kappa shape index (κ3) is 3.29. The summed E-state index contributed by atoms with van der Waals surface area (Å²) in [7, 11) is 1.44. The first-order valence-corrected chi connectivity index (χ1v) is 10.6. The molecule has 0 spiro atoms. The average Bonchev–Trinajstić information content (AvgIpc) is 3.08. The molecule has 0 radical (unpaired) electrons. The maximum absolute atomic E-state index is 13.5. The van der Waals surface area contributed by atoms with E-state index in [4.69, 9.17) is 11.6 Å². The minimum Gasteiger partial charge on any atom is -0.509 e. The molecule has 9 nitrogen and oxygen atoms in total. The van der Waals surface area contributed by atoms with E-state index in [1.807, 2.05) is 13.8 Å². The summed E-state index contributed by atoms with van der Waals surface area (Å²) < 4.78 is 13.5. The van der Waals surface area contributed by atoms with Gasteiger partial charge in [0.2, 0.25) is 0 Å². The van der Waals surface area contributed by atoms with Crippen LogP contribution in [0.15, 0.2) is 34.8 Å². The van der Waals surface area contributed by atoms with E-state index < -0.39 is 35.5 Å². The number of hydrazone groups is 1. The van der Waals surface area contributed by atoms with E-state index in [0.717, 1.165) is 5.01 Å². The topological polar surface area (TPSA) is 106 Å². The molecule has 11 heteroatoms. The molecule has 0 saturated carbocycles. The first-order chi connectivity index (χ1) is 15.2. The summed E-state index contributed by atoms with van der Waals surface area (Å²) in [6.45, 7) is 4.45. The minimum atomic E-state index is -1.16. The second-order valence-corrected chi connectivity index (χ2v) is 8.37. The zero-order chi connectivity index (χ0) is 23.3. The van der Waals surface area contributed by atoms with E-state index in [1.165, 1.54) is 25.2 Å². The molecule has 1 aromatic carbocycles. The molecule has 3 atom stereocenters. The first kappa shape index (κ1) is 22.1. The van der Waals surface area contributed by atoms with Crippen LogP contribution in [-0.4, -0.2) is 75.6 Å². The molecule has 2 N–H and O–H groups in total. The molecule has 1 fully saturated rings. The van der Waals surface area contributed by atoms with Gasteiger partial charge >= 0.3 is 0 Å². The third-order valence-electron chi connectivity index (χ3n) is 6.05. The molecule has 1 saturated heterocycles. The number of hydrogen-bond donors (Lipinski definition) is 2. The molecular formula is C21H23ClFN5O4. The summed E-state index contributed by atoms with van der Waals surface area (Å²) >= 11 is 5.85. The fourth-order valence-corrected chi connectivity index (χ4v) is 4.73. The van der Waals surface area contributed by atoms with Gasteiger partial charge in [-0.25, -0.2) is 9.40 Å². The van der Waals surface area contributed by atoms with E-state index >= 15 is 0 Å². The molecule has 1 aromatic rings. The lowest BCUT2D eigenvalue weighted by molar-refractivity contribution is -0.139. The number of benzene rings is 1. The van der Waals surface area contributed by atoms with Gasteiger partial charge in [0.1, 0.15) is 28.9 Å². The van der Waals surface area contributed by atoms with Gasteiger partial charge < -0.3 is 20.2 Å². The summed E-state index contributed by atoms with van der Waals surface area (Å²) in [6, 6.07) is 2.85. The summed E-state index contributed by atoms with van der Waals surface area (Å²) in [5, 5.41) is 18.8. The molecule has 32 heavy (non-hydrogen) atoms. The highest BCUT2D eigenvalue weighted by atomic mass is 35.5. The molecule has 3 aliphatic heterocycles. The summed E-state index contributed by atoms with van der Waals surface area (Å²) in [6.07, 6.45) is 0. The highest BCUT2D eigenvalue weighted by Gasteiger charge is 2.57. The van der Waals surface area contributed by atoms with Crippen molar-refractivity contribution in [3.05, 3.63) is 46.1 Å². The van der Waals surface area contributed by atoms with Crippen LogP contribution in [-0.2, 0) is 20.9 Å². The Kier molecular flexibility index (Phi) is 5.58. The number of piperazine rings is 1. The monoisotopic (exact) mass is 463 g/mol. The normalized spacial score (nSPS) is 25.1. The average molecular weight is 464 g/mol. The maximum Gasteiger partial charge on any atom is 0.273 e. The number of halogens is 2. The highest BCUT2D eigenvalue weighted by Crippen LogP contribution is 2.42. The number of amides is 3. The molecule has 3 amide bonds. The number of likely N-dealkylation sites (N-methyl/N-ethyl adjacent to an activating group) is 1. The smallest absolute Gasteiger partial charge is 0.273 e. The Labute approximate surface area is 189 Å². The first-order valence-electron chi connectivity index (χ1n) is 10.3. The zero-order valence-corrected chi connectivity index (χ0v) is 18.6. The van der Waals surface area contributed by atoms with E-state index in [9.17, 15) is 23.9 Å². The van der Waals surface area contributed by atoms with Crippen LogP contribution in [0.4, 0.5) is 4.39 Å². The van der Waals surface area contributed by atoms with Crippen molar-refractivity contribution < 1.29 is 23.9 Å². The van der Waals surface area contributed by atoms with Crippen LogP contribution in [0.3, 0.4) is 0 Å². The van der Waals surface area contributed by atoms with Crippen molar-refractivity contribution in [2.75, 3.05) is 20.1 Å². The molecule has 4 rings (SSSR count). The molecule has 170 valence electrons. The molecular weight excluding hydrogens is 441 g/mol. The second-order valence-electron chi connectivity index (χ2n) is 7.97. The number of fused-ring (bicyclic) bond motifs is 3. The van der Waals surface area contributed by atoms with Gasteiger partial charge in [-0.3, -0.25) is 14.4 Å². The minimum absolute atomic E-state index is 0.0106. The number of carbonyl (C=O) groups is 3. The van der Waals surface area contributed by atoms with Crippen molar-refractivity contribution in [2.24, 2.45) is 11.0 Å². The molecule has 3 heterocycles. The molecule has 0 bridgehead atoms. The van der Waals surface area contributed by atoms with Crippen molar-refractivity contribution >= 4 is 35.0 Å². The molecule has 0 aliphatic carbocycles. The fourth-order valence-electron chi connectivity index (χ4n) is 4.53.